The van der Waals surface area contributed by atoms with Crippen LogP contribution in [0.4, 0.5) is 0 Å². The van der Waals surface area contributed by atoms with Gasteiger partial charge in [0.1, 0.15) is 5.60 Å². The smallest absolute Gasteiger partial charge is 0.182 e. The molecule has 390 valence electrons. The van der Waals surface area contributed by atoms with Gasteiger partial charge in [-0.25, -0.2) is 0 Å². The second-order valence-corrected chi connectivity index (χ2v) is 24.4. The number of allylic oxidation sites excluding steroid dienone is 4. The Morgan fingerprint density at radius 2 is 1.68 bits per heavy atom. The number of rotatable bonds is 14. The van der Waals surface area contributed by atoms with E-state index in [1.54, 1.807) is 13.8 Å². The minimum atomic E-state index is -1.88. The number of hydrogen-bond donors (Lipinski definition) is 12. The molecule has 14 nitrogen and oxygen atoms in total. The number of nitrogens with one attached hydrogen (secondary N) is 2. The second-order valence-electron chi connectivity index (χ2n) is 24.4. The number of carbonyl (C=O) groups is 1. The normalized spacial score (nSPS) is 46.1. The average molecular weight is 968 g/mol. The summed E-state index contributed by atoms with van der Waals surface area (Å²) in [6.45, 7) is 5.57. The molecule has 13 N–H and O–H groups in total. The fraction of sp³-hybridized carbons (Fsp3) is 0.873. The molecule has 0 radical (unpaired) electrons. The van der Waals surface area contributed by atoms with E-state index in [-0.39, 0.29) is 80.6 Å². The Morgan fingerprint density at radius 3 is 2.41 bits per heavy atom. The first-order chi connectivity index (χ1) is 32.9. The van der Waals surface area contributed by atoms with Crippen LogP contribution >= 0.6 is 0 Å². The minimum absolute atomic E-state index is 0.00394. The van der Waals surface area contributed by atoms with Crippen LogP contribution in [0, 0.1) is 52.3 Å². The summed E-state index contributed by atoms with van der Waals surface area (Å²) < 4.78 is 7.08. The molecule has 0 aromatic heterocycles. The van der Waals surface area contributed by atoms with Gasteiger partial charge in [-0.15, -0.1) is 0 Å². The van der Waals surface area contributed by atoms with Crippen LogP contribution < -0.4 is 16.4 Å². The number of nitrogens with two attached hydrogens (primary N) is 1. The van der Waals surface area contributed by atoms with E-state index in [2.05, 4.69) is 17.6 Å². The van der Waals surface area contributed by atoms with Gasteiger partial charge in [0.05, 0.1) is 65.8 Å². The van der Waals surface area contributed by atoms with Gasteiger partial charge in [0, 0.05) is 42.0 Å². The lowest BCUT2D eigenvalue weighted by Gasteiger charge is -2.67. The van der Waals surface area contributed by atoms with E-state index in [0.717, 1.165) is 81.9 Å². The highest BCUT2D eigenvalue weighted by atomic mass is 16.5. The number of Topliss-reactive ketones (excluding diaryl/α,β-unsaturated/α-hetero) is 1. The van der Waals surface area contributed by atoms with E-state index in [1.807, 2.05) is 12.2 Å². The lowest BCUT2D eigenvalue weighted by molar-refractivity contribution is -0.270. The highest BCUT2D eigenvalue weighted by Gasteiger charge is 2.78. The maximum Gasteiger partial charge on any atom is 0.182 e. The number of dihydropyridines is 1. The molecule has 1 saturated heterocycles. The molecule has 9 aliphatic rings. The number of hydrogen-bond acceptors (Lipinski definition) is 14. The average Bonchev–Trinajstić information content (AvgIpc) is 3.73. The topological polar surface area (TPSA) is 258 Å². The van der Waals surface area contributed by atoms with Crippen LogP contribution in [0.15, 0.2) is 34.7 Å². The van der Waals surface area contributed by atoms with Crippen molar-refractivity contribution in [2.24, 2.45) is 58.0 Å². The molecule has 7 fully saturated rings. The third-order valence-electron chi connectivity index (χ3n) is 20.8. The van der Waals surface area contributed by atoms with Gasteiger partial charge in [-0.2, -0.15) is 0 Å². The van der Waals surface area contributed by atoms with E-state index in [0.29, 0.717) is 56.4 Å². The highest BCUT2D eigenvalue weighted by molar-refractivity contribution is 6.00. The van der Waals surface area contributed by atoms with E-state index < -0.39 is 88.2 Å². The Balaban J connectivity index is 1.17. The van der Waals surface area contributed by atoms with Crippen molar-refractivity contribution in [1.29, 1.82) is 0 Å². The van der Waals surface area contributed by atoms with Gasteiger partial charge in [0.15, 0.2) is 5.78 Å². The van der Waals surface area contributed by atoms with Gasteiger partial charge < -0.3 is 67.1 Å². The van der Waals surface area contributed by atoms with Gasteiger partial charge in [0.25, 0.3) is 0 Å². The number of aliphatic hydroxyl groups is 9. The molecule has 69 heavy (non-hydrogen) atoms. The van der Waals surface area contributed by atoms with Crippen molar-refractivity contribution >= 4 is 5.78 Å². The van der Waals surface area contributed by atoms with Crippen LogP contribution in [-0.4, -0.2) is 131 Å². The number of carbonyl (C=O) groups excluding carboxylic acids is 1. The third kappa shape index (κ3) is 8.55. The van der Waals surface area contributed by atoms with Crippen LogP contribution in [0.25, 0.3) is 0 Å². The third-order valence-corrected chi connectivity index (χ3v) is 20.8. The van der Waals surface area contributed by atoms with E-state index >= 15 is 4.79 Å². The van der Waals surface area contributed by atoms with Gasteiger partial charge >= 0.3 is 0 Å². The number of ether oxygens (including phenoxy) is 1. The summed E-state index contributed by atoms with van der Waals surface area (Å²) in [4.78, 5) is 15.7. The molecule has 0 aromatic carbocycles. The van der Waals surface area contributed by atoms with Gasteiger partial charge in [-0.05, 0) is 169 Å². The summed E-state index contributed by atoms with van der Waals surface area (Å²) in [7, 11) is 0. The Kier molecular flexibility index (Phi) is 15.1. The fourth-order valence-corrected chi connectivity index (χ4v) is 17.8. The number of ketones is 1. The summed E-state index contributed by atoms with van der Waals surface area (Å²) in [5.74, 6) is -2.69. The van der Waals surface area contributed by atoms with E-state index in [4.69, 9.17) is 10.5 Å². The van der Waals surface area contributed by atoms with Crippen molar-refractivity contribution in [3.63, 3.8) is 0 Å². The van der Waals surface area contributed by atoms with Crippen LogP contribution in [0.1, 0.15) is 168 Å². The molecule has 0 amide bonds. The standard InChI is InChI=1S/C55H89N3O11/c1-4-10-32-15-18-35-42(19-16-32)69-50-45(35)38(61)14-8-23-55(50,68)51(3,66)43-22-25-54(67)47-46(41(64)29-53(43,54)34-11-6-5-7-12-34)52(24-21-33-17-20-44(56)58-37(33)13-9-26-59)28-40(63)39(62)27-36(52)49(65)48(47)57-30-31(2)60/h17,20,31-32,34-36,38-46,50,57-64,66-68H,4-16,18-19,21-30,56H2,1-3H3. The van der Waals surface area contributed by atoms with Crippen LogP contribution in [0.2, 0.25) is 0 Å². The second kappa shape index (κ2) is 20.1. The molecule has 19 atom stereocenters. The molecular formula is C55H89N3O11. The zero-order valence-electron chi connectivity index (χ0n) is 41.9. The lowest BCUT2D eigenvalue weighted by Crippen LogP contribution is -2.72. The zero-order valence-corrected chi connectivity index (χ0v) is 41.9. The Morgan fingerprint density at radius 1 is 0.928 bits per heavy atom. The monoisotopic (exact) mass is 968 g/mol. The first-order valence-corrected chi connectivity index (χ1v) is 27.7. The molecule has 6 saturated carbocycles. The molecule has 2 heterocycles. The van der Waals surface area contributed by atoms with Crippen molar-refractivity contribution in [2.45, 2.75) is 234 Å². The van der Waals surface area contributed by atoms with Crippen LogP contribution in [0.5, 0.6) is 0 Å². The SMILES string of the molecule is CCCC1CCC2OC3C(C(O)CCCC3(O)C(C)(O)C3CCC4(O)C5=C(NCC(C)O)C(=O)C6CC(O)C(O)CC6(CCC6=C(CCCO)NC(N)C=C6)C5C(O)CC34C3CCCCC3)C2CC1. The van der Waals surface area contributed by atoms with Crippen molar-refractivity contribution in [1.82, 2.24) is 10.6 Å². The summed E-state index contributed by atoms with van der Waals surface area (Å²) in [5.41, 5.74) is 0.856. The highest BCUT2D eigenvalue weighted by Crippen LogP contribution is 2.74. The molecule has 2 aliphatic heterocycles. The quantitative estimate of drug-likeness (QED) is 0.116. The number of fused-ring (bicyclic) bond motifs is 8. The molecule has 7 aliphatic carbocycles. The van der Waals surface area contributed by atoms with Crippen molar-refractivity contribution in [2.75, 3.05) is 13.2 Å². The Labute approximate surface area is 410 Å². The van der Waals surface area contributed by atoms with Crippen molar-refractivity contribution in [3.05, 3.63) is 34.7 Å². The molecule has 0 aromatic rings. The largest absolute Gasteiger partial charge is 0.396 e. The zero-order chi connectivity index (χ0) is 49.3. The van der Waals surface area contributed by atoms with Crippen molar-refractivity contribution < 1.29 is 55.5 Å². The number of aliphatic hydroxyl groups excluding tert-OH is 6. The van der Waals surface area contributed by atoms with Crippen LogP contribution in [0.3, 0.4) is 0 Å². The van der Waals surface area contributed by atoms with E-state index in [9.17, 15) is 46.0 Å². The summed E-state index contributed by atoms with van der Waals surface area (Å²) in [6, 6.07) is 0. The fourth-order valence-electron chi connectivity index (χ4n) is 17.8. The van der Waals surface area contributed by atoms with Crippen molar-refractivity contribution in [3.8, 4) is 0 Å². The first-order valence-electron chi connectivity index (χ1n) is 27.7. The Hall–Kier alpha value is -1.95. The predicted molar refractivity (Wildman–Crippen MR) is 260 cm³/mol. The first kappa shape index (κ1) is 51.9. The Bertz CT molecular complexity index is 1950. The van der Waals surface area contributed by atoms with Gasteiger partial charge in [0.2, 0.25) is 0 Å². The molecule has 0 spiro atoms. The molecule has 9 rings (SSSR count). The molecule has 14 heteroatoms. The van der Waals surface area contributed by atoms with Gasteiger partial charge in [-0.3, -0.25) is 4.79 Å². The van der Waals surface area contributed by atoms with Crippen LogP contribution in [-0.2, 0) is 9.53 Å². The molecule has 0 bridgehead atoms. The summed E-state index contributed by atoms with van der Waals surface area (Å²) in [5, 5.41) is 118. The maximum atomic E-state index is 15.7. The minimum Gasteiger partial charge on any atom is -0.396 e. The summed E-state index contributed by atoms with van der Waals surface area (Å²) >= 11 is 0. The predicted octanol–water partition coefficient (Wildman–Crippen LogP) is 4.27. The van der Waals surface area contributed by atoms with E-state index in [1.165, 1.54) is 0 Å². The summed E-state index contributed by atoms with van der Waals surface area (Å²) in [6.07, 6.45) is 11.2. The lowest BCUT2D eigenvalue weighted by atomic mass is 9.40. The maximum absolute atomic E-state index is 15.7. The molecular weight excluding hydrogens is 879 g/mol. The molecule has 19 unspecified atom stereocenters. The van der Waals surface area contributed by atoms with Gasteiger partial charge in [-0.1, -0.05) is 51.5 Å².